The van der Waals surface area contributed by atoms with Crippen molar-refractivity contribution < 1.29 is 29.0 Å². The molecule has 1 N–H and O–H groups in total. The molecule has 6 atom stereocenters. The van der Waals surface area contributed by atoms with Crippen LogP contribution >= 0.6 is 23.2 Å². The lowest BCUT2D eigenvalue weighted by Crippen LogP contribution is -2.43. The van der Waals surface area contributed by atoms with E-state index in [0.717, 1.165) is 22.3 Å². The van der Waals surface area contributed by atoms with Gasteiger partial charge in [-0.15, -0.1) is 0 Å². The zero-order valence-electron chi connectivity index (χ0n) is 27.9. The SMILES string of the molecule is Cc1ccc(N2C(=O)[C@H]3[C@H](CC=C4[C@H]3C[C@H]3C(=O)N(c5ccc(C)c(Cl)c5)C(=O)[C@H]3[C@H]4c3ccc(OCc4ccccc4)cc3O)C2=O)cc1Cl. The van der Waals surface area contributed by atoms with Crippen LogP contribution in [0.15, 0.2) is 96.6 Å². The first-order valence-electron chi connectivity index (χ1n) is 17.0. The molecule has 1 saturated carbocycles. The number of hydrogen-bond donors (Lipinski definition) is 1. The maximum atomic E-state index is 14.5. The summed E-state index contributed by atoms with van der Waals surface area (Å²) in [6.45, 7) is 3.98. The van der Waals surface area contributed by atoms with Crippen molar-refractivity contribution in [1.82, 2.24) is 0 Å². The molecule has 0 aromatic heterocycles. The van der Waals surface area contributed by atoms with Gasteiger partial charge in [0, 0.05) is 27.6 Å². The van der Waals surface area contributed by atoms with Gasteiger partial charge in [0.2, 0.25) is 23.6 Å². The van der Waals surface area contributed by atoms with Crippen molar-refractivity contribution in [1.29, 1.82) is 0 Å². The third-order valence-electron chi connectivity index (χ3n) is 11.1. The number of fused-ring (bicyclic) bond motifs is 4. The Morgan fingerprint density at radius 2 is 1.31 bits per heavy atom. The summed E-state index contributed by atoms with van der Waals surface area (Å²) in [4.78, 5) is 59.5. The summed E-state index contributed by atoms with van der Waals surface area (Å²) in [5, 5.41) is 12.5. The van der Waals surface area contributed by atoms with E-state index in [0.29, 0.717) is 39.3 Å². The first kappa shape index (κ1) is 33.2. The largest absolute Gasteiger partial charge is 0.508 e. The van der Waals surface area contributed by atoms with Crippen LogP contribution in [-0.2, 0) is 25.8 Å². The minimum Gasteiger partial charge on any atom is -0.508 e. The van der Waals surface area contributed by atoms with Crippen molar-refractivity contribution >= 4 is 58.2 Å². The number of halogens is 2. The van der Waals surface area contributed by atoms with Crippen LogP contribution in [0.5, 0.6) is 11.5 Å². The van der Waals surface area contributed by atoms with Gasteiger partial charge < -0.3 is 9.84 Å². The van der Waals surface area contributed by atoms with E-state index < -0.39 is 47.3 Å². The number of aromatic hydroxyl groups is 1. The monoisotopic (exact) mass is 720 g/mol. The molecule has 0 unspecified atom stereocenters. The number of rotatable bonds is 6. The first-order valence-corrected chi connectivity index (χ1v) is 17.8. The fourth-order valence-electron chi connectivity index (χ4n) is 8.50. The molecule has 0 spiro atoms. The molecule has 4 amide bonds. The molecule has 258 valence electrons. The van der Waals surface area contributed by atoms with Crippen LogP contribution in [0, 0.1) is 43.4 Å². The molecule has 2 saturated heterocycles. The predicted molar refractivity (Wildman–Crippen MR) is 194 cm³/mol. The highest BCUT2D eigenvalue weighted by Crippen LogP contribution is 2.59. The number of amides is 4. The van der Waals surface area contributed by atoms with Gasteiger partial charge in [0.05, 0.1) is 35.0 Å². The van der Waals surface area contributed by atoms with Gasteiger partial charge in [-0.2, -0.15) is 0 Å². The topological polar surface area (TPSA) is 104 Å². The number of aryl methyl sites for hydroxylation is 2. The van der Waals surface area contributed by atoms with E-state index in [1.54, 1.807) is 48.5 Å². The van der Waals surface area contributed by atoms with Crippen molar-refractivity contribution in [2.24, 2.45) is 29.6 Å². The van der Waals surface area contributed by atoms with Crippen molar-refractivity contribution in [2.45, 2.75) is 39.2 Å². The average Bonchev–Trinajstić information content (AvgIpc) is 3.53. The van der Waals surface area contributed by atoms with Gasteiger partial charge in [0.25, 0.3) is 0 Å². The van der Waals surface area contributed by atoms with E-state index in [9.17, 15) is 24.3 Å². The van der Waals surface area contributed by atoms with E-state index in [1.165, 1.54) is 15.9 Å². The fourth-order valence-corrected chi connectivity index (χ4v) is 8.85. The Bertz CT molecular complexity index is 2170. The summed E-state index contributed by atoms with van der Waals surface area (Å²) in [7, 11) is 0. The summed E-state index contributed by atoms with van der Waals surface area (Å²) in [5.41, 5.74) is 4.59. The number of nitrogens with zero attached hydrogens (tertiary/aromatic N) is 2. The molecule has 8 rings (SSSR count). The van der Waals surface area contributed by atoms with Crippen LogP contribution in [0.4, 0.5) is 11.4 Å². The normalized spacial score (nSPS) is 25.5. The van der Waals surface area contributed by atoms with Crippen molar-refractivity contribution in [3.05, 3.63) is 129 Å². The maximum Gasteiger partial charge on any atom is 0.238 e. The number of benzene rings is 4. The number of hydrogen-bond acceptors (Lipinski definition) is 6. The van der Waals surface area contributed by atoms with Gasteiger partial charge in [0.15, 0.2) is 0 Å². The highest BCUT2D eigenvalue weighted by atomic mass is 35.5. The lowest BCUT2D eigenvalue weighted by atomic mass is 9.57. The summed E-state index contributed by atoms with van der Waals surface area (Å²) in [6.07, 6.45) is 2.44. The molecule has 51 heavy (non-hydrogen) atoms. The molecule has 2 heterocycles. The Hall–Kier alpha value is -4.92. The van der Waals surface area contributed by atoms with Crippen molar-refractivity contribution in [2.75, 3.05) is 9.80 Å². The Labute approximate surface area is 305 Å². The number of carbonyl (C=O) groups excluding carboxylic acids is 4. The minimum atomic E-state index is -0.849. The summed E-state index contributed by atoms with van der Waals surface area (Å²) in [6, 6.07) is 24.8. The number of allylic oxidation sites excluding steroid dienone is 2. The smallest absolute Gasteiger partial charge is 0.238 e. The predicted octanol–water partition coefficient (Wildman–Crippen LogP) is 7.94. The zero-order valence-corrected chi connectivity index (χ0v) is 29.4. The van der Waals surface area contributed by atoms with E-state index in [-0.39, 0.29) is 30.4 Å². The van der Waals surface area contributed by atoms with Crippen molar-refractivity contribution in [3.63, 3.8) is 0 Å². The second-order valence-corrected chi connectivity index (χ2v) is 14.7. The number of imide groups is 2. The molecule has 8 nitrogen and oxygen atoms in total. The number of phenols is 1. The van der Waals surface area contributed by atoms with Gasteiger partial charge in [-0.1, -0.05) is 83.4 Å². The second-order valence-electron chi connectivity index (χ2n) is 13.9. The standard InChI is InChI=1S/C41H34Cl2N2O6/c1-21-8-10-24(16-32(21)42)44-38(47)29-15-14-27-30(36(29)40(44)49)19-31-37(41(50)45(39(31)48)25-11-9-22(2)33(43)17-25)35(27)28-13-12-26(18-34(28)46)51-20-23-6-4-3-5-7-23/h3-14,16-18,29-31,35-37,46H,15,19-20H2,1-2H3/t29-,30+,31+,35+,36-,37+/m0/s1. The molecule has 4 aromatic rings. The van der Waals surface area contributed by atoms with Crippen LogP contribution in [0.1, 0.15) is 41.0 Å². The highest BCUT2D eigenvalue weighted by Gasteiger charge is 2.62. The van der Waals surface area contributed by atoms with Crippen LogP contribution < -0.4 is 14.5 Å². The molecular weight excluding hydrogens is 687 g/mol. The summed E-state index contributed by atoms with van der Waals surface area (Å²) in [5.74, 6) is -5.40. The van der Waals surface area contributed by atoms with E-state index in [4.69, 9.17) is 27.9 Å². The van der Waals surface area contributed by atoms with Gasteiger partial charge in [0.1, 0.15) is 18.1 Å². The van der Waals surface area contributed by atoms with E-state index >= 15 is 0 Å². The molecule has 10 heteroatoms. The molecule has 0 bridgehead atoms. The van der Waals surface area contributed by atoms with Gasteiger partial charge in [-0.25, -0.2) is 9.80 Å². The second kappa shape index (κ2) is 12.7. The molecule has 4 aromatic carbocycles. The molecule has 2 aliphatic carbocycles. The Morgan fingerprint density at radius 3 is 1.92 bits per heavy atom. The van der Waals surface area contributed by atoms with E-state index in [2.05, 4.69) is 0 Å². The van der Waals surface area contributed by atoms with Gasteiger partial charge in [-0.3, -0.25) is 19.2 Å². The maximum absolute atomic E-state index is 14.5. The van der Waals surface area contributed by atoms with Crippen LogP contribution in [0.2, 0.25) is 10.0 Å². The molecule has 2 aliphatic heterocycles. The van der Waals surface area contributed by atoms with Crippen LogP contribution in [-0.4, -0.2) is 28.7 Å². The Kier molecular flexibility index (Phi) is 8.27. The summed E-state index contributed by atoms with van der Waals surface area (Å²) >= 11 is 12.9. The van der Waals surface area contributed by atoms with Gasteiger partial charge in [-0.05, 0) is 79.6 Å². The van der Waals surface area contributed by atoms with Gasteiger partial charge >= 0.3 is 0 Å². The summed E-state index contributed by atoms with van der Waals surface area (Å²) < 4.78 is 5.98. The molecule has 4 aliphatic rings. The lowest BCUT2D eigenvalue weighted by Gasteiger charge is -2.44. The first-order chi connectivity index (χ1) is 24.5. The quantitative estimate of drug-likeness (QED) is 0.160. The number of anilines is 2. The van der Waals surface area contributed by atoms with Crippen LogP contribution in [0.25, 0.3) is 0 Å². The highest BCUT2D eigenvalue weighted by molar-refractivity contribution is 6.33. The zero-order chi connectivity index (χ0) is 35.7. The minimum absolute atomic E-state index is 0.0881. The number of phenolic OH excluding ortho intramolecular Hbond substituents is 1. The third-order valence-corrected chi connectivity index (χ3v) is 11.9. The lowest BCUT2D eigenvalue weighted by molar-refractivity contribution is -0.126. The number of ether oxygens (including phenoxy) is 1. The average molecular weight is 722 g/mol. The Morgan fingerprint density at radius 1 is 0.706 bits per heavy atom. The molecular formula is C41H34Cl2N2O6. The number of carbonyl (C=O) groups is 4. The Balaban J connectivity index is 1.20. The van der Waals surface area contributed by atoms with E-state index in [1.807, 2.05) is 50.3 Å². The third kappa shape index (κ3) is 5.43. The van der Waals surface area contributed by atoms with Crippen LogP contribution in [0.3, 0.4) is 0 Å². The fraction of sp³-hybridized carbons (Fsp3) is 0.268. The molecule has 0 radical (unpaired) electrons. The van der Waals surface area contributed by atoms with Crippen molar-refractivity contribution in [3.8, 4) is 11.5 Å². The molecule has 3 fully saturated rings.